The Morgan fingerprint density at radius 3 is 2.61 bits per heavy atom. The predicted octanol–water partition coefficient (Wildman–Crippen LogP) is 2.19. The molecule has 23 heavy (non-hydrogen) atoms. The van der Waals surface area contributed by atoms with Crippen molar-refractivity contribution in [3.63, 3.8) is 0 Å². The van der Waals surface area contributed by atoms with E-state index in [4.69, 9.17) is 4.74 Å². The van der Waals surface area contributed by atoms with Gasteiger partial charge in [0.15, 0.2) is 0 Å². The van der Waals surface area contributed by atoms with Gasteiger partial charge in [-0.15, -0.1) is 0 Å². The Balaban J connectivity index is 1.57. The molecule has 2 aromatic carbocycles. The van der Waals surface area contributed by atoms with Crippen LogP contribution in [-0.2, 0) is 6.54 Å². The lowest BCUT2D eigenvalue weighted by atomic mass is 10.1. The molecule has 0 spiro atoms. The van der Waals surface area contributed by atoms with Crippen LogP contribution in [0.15, 0.2) is 36.4 Å². The third-order valence-corrected chi connectivity index (χ3v) is 4.57. The van der Waals surface area contributed by atoms with Gasteiger partial charge in [0, 0.05) is 45.8 Å². The predicted molar refractivity (Wildman–Crippen MR) is 96.1 cm³/mol. The van der Waals surface area contributed by atoms with Gasteiger partial charge in [-0.05, 0) is 41.6 Å². The van der Waals surface area contributed by atoms with Crippen LogP contribution in [0.1, 0.15) is 5.56 Å². The number of benzene rings is 2. The molecule has 4 heteroatoms. The average Bonchev–Trinajstić information content (AvgIpc) is 2.60. The van der Waals surface area contributed by atoms with E-state index in [-0.39, 0.29) is 0 Å². The molecule has 1 aliphatic heterocycles. The number of methoxy groups -OCH3 is 1. The molecule has 3 rings (SSSR count). The number of hydrogen-bond donors (Lipinski definition) is 1. The Morgan fingerprint density at radius 2 is 1.83 bits per heavy atom. The second-order valence-corrected chi connectivity index (χ2v) is 6.38. The molecule has 124 valence electrons. The lowest BCUT2D eigenvalue weighted by Gasteiger charge is -2.29. The standard InChI is InChI=1S/C19H27N3O/c1-21(11-12-22-9-7-20-8-10-22)15-16-3-4-18-14-19(23-2)6-5-17(18)13-16/h3-6,13-14,20H,7-12,15H2,1-2H3. The Morgan fingerprint density at radius 1 is 1.09 bits per heavy atom. The van der Waals surface area contributed by atoms with Gasteiger partial charge in [-0.25, -0.2) is 0 Å². The minimum absolute atomic E-state index is 0.915. The van der Waals surface area contributed by atoms with Crippen molar-refractivity contribution in [1.82, 2.24) is 15.1 Å². The summed E-state index contributed by atoms with van der Waals surface area (Å²) < 4.78 is 5.29. The number of nitrogens with one attached hydrogen (secondary N) is 1. The van der Waals surface area contributed by atoms with Crippen LogP contribution in [0.25, 0.3) is 10.8 Å². The average molecular weight is 313 g/mol. The molecule has 4 nitrogen and oxygen atoms in total. The fourth-order valence-corrected chi connectivity index (χ4v) is 3.14. The van der Waals surface area contributed by atoms with Crippen LogP contribution in [0.2, 0.25) is 0 Å². The summed E-state index contributed by atoms with van der Waals surface area (Å²) in [6, 6.07) is 13.0. The number of fused-ring (bicyclic) bond motifs is 1. The van der Waals surface area contributed by atoms with E-state index in [0.717, 1.165) is 38.5 Å². The zero-order valence-electron chi connectivity index (χ0n) is 14.2. The van der Waals surface area contributed by atoms with Crippen LogP contribution in [0, 0.1) is 0 Å². The van der Waals surface area contributed by atoms with Gasteiger partial charge in [0.1, 0.15) is 5.75 Å². The van der Waals surface area contributed by atoms with Gasteiger partial charge in [-0.3, -0.25) is 4.90 Å². The second-order valence-electron chi connectivity index (χ2n) is 6.38. The molecule has 1 aliphatic rings. The number of nitrogens with zero attached hydrogens (tertiary/aromatic N) is 2. The van der Waals surface area contributed by atoms with Crippen molar-refractivity contribution in [3.05, 3.63) is 42.0 Å². The summed E-state index contributed by atoms with van der Waals surface area (Å²) in [5.41, 5.74) is 1.37. The van der Waals surface area contributed by atoms with Gasteiger partial charge in [-0.1, -0.05) is 18.2 Å². The summed E-state index contributed by atoms with van der Waals surface area (Å²) >= 11 is 0. The maximum absolute atomic E-state index is 5.29. The zero-order chi connectivity index (χ0) is 16.1. The summed E-state index contributed by atoms with van der Waals surface area (Å²) in [6.45, 7) is 7.85. The number of hydrogen-bond acceptors (Lipinski definition) is 4. The maximum atomic E-state index is 5.29. The molecule has 0 aromatic heterocycles. The zero-order valence-corrected chi connectivity index (χ0v) is 14.2. The van der Waals surface area contributed by atoms with Crippen molar-refractivity contribution in [2.75, 3.05) is 53.4 Å². The topological polar surface area (TPSA) is 27.7 Å². The molecule has 0 unspecified atom stereocenters. The van der Waals surface area contributed by atoms with Crippen molar-refractivity contribution in [2.24, 2.45) is 0 Å². The minimum Gasteiger partial charge on any atom is -0.497 e. The fourth-order valence-electron chi connectivity index (χ4n) is 3.14. The Bertz CT molecular complexity index is 638. The van der Waals surface area contributed by atoms with E-state index in [0.29, 0.717) is 0 Å². The van der Waals surface area contributed by atoms with E-state index in [1.54, 1.807) is 7.11 Å². The fraction of sp³-hybridized carbons (Fsp3) is 0.474. The molecule has 0 saturated carbocycles. The highest BCUT2D eigenvalue weighted by molar-refractivity contribution is 5.84. The summed E-state index contributed by atoms with van der Waals surface area (Å²) in [5, 5.41) is 5.91. The molecule has 0 bridgehead atoms. The van der Waals surface area contributed by atoms with Gasteiger partial charge in [0.05, 0.1) is 7.11 Å². The number of rotatable bonds is 6. The van der Waals surface area contributed by atoms with Crippen LogP contribution in [0.3, 0.4) is 0 Å². The molecule has 0 radical (unpaired) electrons. The van der Waals surface area contributed by atoms with Crippen LogP contribution < -0.4 is 10.1 Å². The highest BCUT2D eigenvalue weighted by Crippen LogP contribution is 2.22. The van der Waals surface area contributed by atoms with Crippen LogP contribution in [-0.4, -0.2) is 63.2 Å². The van der Waals surface area contributed by atoms with Crippen molar-refractivity contribution in [3.8, 4) is 5.75 Å². The van der Waals surface area contributed by atoms with E-state index in [9.17, 15) is 0 Å². The lowest BCUT2D eigenvalue weighted by molar-refractivity contribution is 0.202. The summed E-state index contributed by atoms with van der Waals surface area (Å²) in [4.78, 5) is 4.95. The first-order chi connectivity index (χ1) is 11.2. The van der Waals surface area contributed by atoms with Crippen molar-refractivity contribution in [1.29, 1.82) is 0 Å². The Labute approximate surface area is 139 Å². The van der Waals surface area contributed by atoms with Crippen molar-refractivity contribution in [2.45, 2.75) is 6.54 Å². The van der Waals surface area contributed by atoms with E-state index >= 15 is 0 Å². The molecular formula is C19H27N3O. The molecule has 1 saturated heterocycles. The van der Waals surface area contributed by atoms with Gasteiger partial charge < -0.3 is 15.0 Å². The first-order valence-corrected chi connectivity index (χ1v) is 8.43. The molecule has 0 amide bonds. The van der Waals surface area contributed by atoms with Gasteiger partial charge in [0.25, 0.3) is 0 Å². The first-order valence-electron chi connectivity index (χ1n) is 8.43. The van der Waals surface area contributed by atoms with Crippen molar-refractivity contribution < 1.29 is 4.74 Å². The van der Waals surface area contributed by atoms with Crippen LogP contribution >= 0.6 is 0 Å². The highest BCUT2D eigenvalue weighted by atomic mass is 16.5. The van der Waals surface area contributed by atoms with Crippen LogP contribution in [0.4, 0.5) is 0 Å². The second kappa shape index (κ2) is 7.77. The molecule has 0 atom stereocenters. The summed E-state index contributed by atoms with van der Waals surface area (Å²) in [7, 11) is 3.92. The third kappa shape index (κ3) is 4.44. The molecule has 1 heterocycles. The maximum Gasteiger partial charge on any atom is 0.119 e. The minimum atomic E-state index is 0.915. The first kappa shape index (κ1) is 16.2. The van der Waals surface area contributed by atoms with Crippen molar-refractivity contribution >= 4 is 10.8 Å². The van der Waals surface area contributed by atoms with E-state index in [1.165, 1.54) is 29.4 Å². The third-order valence-electron chi connectivity index (χ3n) is 4.57. The summed E-state index contributed by atoms with van der Waals surface area (Å²) in [6.07, 6.45) is 0. The van der Waals surface area contributed by atoms with Gasteiger partial charge >= 0.3 is 0 Å². The number of ether oxygens (including phenoxy) is 1. The molecule has 0 aliphatic carbocycles. The number of piperazine rings is 1. The molecule has 1 fully saturated rings. The van der Waals surface area contributed by atoms with Gasteiger partial charge in [-0.2, -0.15) is 0 Å². The largest absolute Gasteiger partial charge is 0.497 e. The Hall–Kier alpha value is -1.62. The number of likely N-dealkylation sites (N-methyl/N-ethyl adjacent to an activating group) is 1. The molecular weight excluding hydrogens is 286 g/mol. The lowest BCUT2D eigenvalue weighted by Crippen LogP contribution is -2.45. The van der Waals surface area contributed by atoms with Gasteiger partial charge in [0.2, 0.25) is 0 Å². The smallest absolute Gasteiger partial charge is 0.119 e. The molecule has 2 aromatic rings. The van der Waals surface area contributed by atoms with E-state index in [1.807, 2.05) is 6.07 Å². The normalized spacial score (nSPS) is 16.1. The monoisotopic (exact) mass is 313 g/mol. The molecule has 1 N–H and O–H groups in total. The quantitative estimate of drug-likeness (QED) is 0.885. The van der Waals surface area contributed by atoms with Crippen LogP contribution in [0.5, 0.6) is 5.75 Å². The Kier molecular flexibility index (Phi) is 5.49. The van der Waals surface area contributed by atoms with E-state index in [2.05, 4.69) is 52.5 Å². The SMILES string of the molecule is COc1ccc2cc(CN(C)CCN3CCNCC3)ccc2c1. The summed E-state index contributed by atoms with van der Waals surface area (Å²) in [5.74, 6) is 0.915. The van der Waals surface area contributed by atoms with E-state index < -0.39 is 0 Å². The highest BCUT2D eigenvalue weighted by Gasteiger charge is 2.10.